The summed E-state index contributed by atoms with van der Waals surface area (Å²) >= 11 is 0. The first-order valence-electron chi connectivity index (χ1n) is 11.9. The zero-order valence-electron chi connectivity index (χ0n) is 18.5. The van der Waals surface area contributed by atoms with E-state index >= 15 is 0 Å². The van der Waals surface area contributed by atoms with Gasteiger partial charge in [-0.25, -0.2) is 0 Å². The van der Waals surface area contributed by atoms with Gasteiger partial charge in [0.05, 0.1) is 11.6 Å². The SMILES string of the molecule is CCCCCCCCC1CCC(C#Cc2ccc(-c3ccc(C#N)cc3)cc2)CC1. The van der Waals surface area contributed by atoms with Crippen LogP contribution in [-0.2, 0) is 0 Å². The Bertz CT molecular complexity index is 850. The first kappa shape index (κ1) is 22.2. The van der Waals surface area contributed by atoms with Crippen molar-refractivity contribution in [3.8, 4) is 29.0 Å². The van der Waals surface area contributed by atoms with Gasteiger partial charge in [-0.05, 0) is 67.0 Å². The molecule has 30 heavy (non-hydrogen) atoms. The van der Waals surface area contributed by atoms with E-state index in [0.717, 1.165) is 17.0 Å². The Morgan fingerprint density at radius 1 is 0.733 bits per heavy atom. The van der Waals surface area contributed by atoms with Crippen molar-refractivity contribution in [3.63, 3.8) is 0 Å². The Morgan fingerprint density at radius 3 is 1.90 bits per heavy atom. The number of nitrogens with zero attached hydrogens (tertiary/aromatic N) is 1. The van der Waals surface area contributed by atoms with Crippen molar-refractivity contribution in [3.05, 3.63) is 59.7 Å². The van der Waals surface area contributed by atoms with Gasteiger partial charge in [-0.2, -0.15) is 5.26 Å². The van der Waals surface area contributed by atoms with Crippen molar-refractivity contribution in [1.82, 2.24) is 0 Å². The lowest BCUT2D eigenvalue weighted by Crippen LogP contribution is -2.13. The van der Waals surface area contributed by atoms with Gasteiger partial charge in [0.15, 0.2) is 0 Å². The van der Waals surface area contributed by atoms with E-state index in [1.165, 1.54) is 76.2 Å². The van der Waals surface area contributed by atoms with Crippen molar-refractivity contribution in [2.75, 3.05) is 0 Å². The highest BCUT2D eigenvalue weighted by Crippen LogP contribution is 2.32. The third-order valence-electron chi connectivity index (χ3n) is 6.47. The molecule has 1 heteroatoms. The average molecular weight is 398 g/mol. The minimum Gasteiger partial charge on any atom is -0.192 e. The number of hydrogen-bond donors (Lipinski definition) is 0. The fourth-order valence-corrected chi connectivity index (χ4v) is 4.48. The second-order valence-corrected chi connectivity index (χ2v) is 8.81. The summed E-state index contributed by atoms with van der Waals surface area (Å²) in [6.07, 6.45) is 15.2. The molecule has 1 nitrogen and oxygen atoms in total. The van der Waals surface area contributed by atoms with Gasteiger partial charge in [0, 0.05) is 11.5 Å². The zero-order chi connectivity index (χ0) is 21.0. The van der Waals surface area contributed by atoms with Crippen LogP contribution in [0.15, 0.2) is 48.5 Å². The van der Waals surface area contributed by atoms with Crippen molar-refractivity contribution in [2.24, 2.45) is 11.8 Å². The molecule has 0 unspecified atom stereocenters. The maximum atomic E-state index is 8.93. The van der Waals surface area contributed by atoms with Crippen LogP contribution in [0.5, 0.6) is 0 Å². The smallest absolute Gasteiger partial charge is 0.0991 e. The van der Waals surface area contributed by atoms with Crippen LogP contribution >= 0.6 is 0 Å². The molecule has 0 amide bonds. The van der Waals surface area contributed by atoms with Crippen molar-refractivity contribution >= 4 is 0 Å². The fourth-order valence-electron chi connectivity index (χ4n) is 4.48. The highest BCUT2D eigenvalue weighted by atomic mass is 14.2. The average Bonchev–Trinajstić information content (AvgIpc) is 2.81. The van der Waals surface area contributed by atoms with Crippen LogP contribution < -0.4 is 0 Å². The molecule has 0 spiro atoms. The van der Waals surface area contributed by atoms with E-state index in [0.29, 0.717) is 11.5 Å². The summed E-state index contributed by atoms with van der Waals surface area (Å²) in [6, 6.07) is 18.4. The maximum absolute atomic E-state index is 8.93. The van der Waals surface area contributed by atoms with Gasteiger partial charge in [0.1, 0.15) is 0 Å². The van der Waals surface area contributed by atoms with Crippen LogP contribution in [-0.4, -0.2) is 0 Å². The zero-order valence-corrected chi connectivity index (χ0v) is 18.5. The second kappa shape index (κ2) is 12.2. The monoisotopic (exact) mass is 397 g/mol. The summed E-state index contributed by atoms with van der Waals surface area (Å²) in [5, 5.41) is 8.93. The fraction of sp³-hybridized carbons (Fsp3) is 0.483. The molecule has 0 N–H and O–H groups in total. The van der Waals surface area contributed by atoms with Gasteiger partial charge in [0.2, 0.25) is 0 Å². The molecule has 1 aliphatic carbocycles. The number of nitriles is 1. The molecular formula is C29H35N. The Balaban J connectivity index is 1.41. The van der Waals surface area contributed by atoms with E-state index in [2.05, 4.69) is 49.1 Å². The van der Waals surface area contributed by atoms with Gasteiger partial charge < -0.3 is 0 Å². The number of benzene rings is 2. The molecule has 0 atom stereocenters. The van der Waals surface area contributed by atoms with Crippen molar-refractivity contribution in [2.45, 2.75) is 77.6 Å². The van der Waals surface area contributed by atoms with Crippen LogP contribution in [0, 0.1) is 35.0 Å². The standard InChI is InChI=1S/C29H35N/c1-2-3-4-5-6-7-8-24-9-11-25(12-10-24)13-14-26-15-19-28(20-16-26)29-21-17-27(23-30)18-22-29/h15-22,24-25H,2-12H2,1H3. The molecule has 0 aliphatic heterocycles. The minimum atomic E-state index is 0.573. The first-order chi connectivity index (χ1) is 14.8. The van der Waals surface area contributed by atoms with Crippen LogP contribution in [0.1, 0.15) is 88.7 Å². The molecule has 2 aromatic rings. The van der Waals surface area contributed by atoms with Crippen LogP contribution in [0.4, 0.5) is 0 Å². The molecule has 0 aromatic heterocycles. The predicted octanol–water partition coefficient (Wildman–Crippen LogP) is 8.13. The molecule has 0 saturated heterocycles. The quantitative estimate of drug-likeness (QED) is 0.326. The minimum absolute atomic E-state index is 0.573. The Morgan fingerprint density at radius 2 is 1.30 bits per heavy atom. The first-order valence-corrected chi connectivity index (χ1v) is 11.9. The van der Waals surface area contributed by atoms with E-state index < -0.39 is 0 Å². The molecular weight excluding hydrogens is 362 g/mol. The molecule has 2 aromatic carbocycles. The highest BCUT2D eigenvalue weighted by molar-refractivity contribution is 5.65. The van der Waals surface area contributed by atoms with E-state index in [1.54, 1.807) is 0 Å². The van der Waals surface area contributed by atoms with Gasteiger partial charge in [0.25, 0.3) is 0 Å². The van der Waals surface area contributed by atoms with E-state index in [1.807, 2.05) is 24.3 Å². The van der Waals surface area contributed by atoms with Crippen LogP contribution in [0.2, 0.25) is 0 Å². The lowest BCUT2D eigenvalue weighted by molar-refractivity contribution is 0.293. The van der Waals surface area contributed by atoms with E-state index in [-0.39, 0.29) is 0 Å². The lowest BCUT2D eigenvalue weighted by atomic mass is 9.80. The molecule has 0 bridgehead atoms. The molecule has 3 rings (SSSR count). The molecule has 1 fully saturated rings. The Labute approximate surface area is 183 Å². The van der Waals surface area contributed by atoms with Gasteiger partial charge in [-0.15, -0.1) is 0 Å². The second-order valence-electron chi connectivity index (χ2n) is 8.81. The summed E-state index contributed by atoms with van der Waals surface area (Å²) in [4.78, 5) is 0. The van der Waals surface area contributed by atoms with Gasteiger partial charge >= 0.3 is 0 Å². The highest BCUT2D eigenvalue weighted by Gasteiger charge is 2.19. The summed E-state index contributed by atoms with van der Waals surface area (Å²) in [5.41, 5.74) is 4.10. The van der Waals surface area contributed by atoms with Crippen LogP contribution in [0.3, 0.4) is 0 Å². The van der Waals surface area contributed by atoms with E-state index in [4.69, 9.17) is 5.26 Å². The lowest BCUT2D eigenvalue weighted by Gasteiger charge is -2.25. The summed E-state index contributed by atoms with van der Waals surface area (Å²) in [6.45, 7) is 2.29. The summed E-state index contributed by atoms with van der Waals surface area (Å²) in [7, 11) is 0. The number of hydrogen-bond acceptors (Lipinski definition) is 1. The summed E-state index contributed by atoms with van der Waals surface area (Å²) < 4.78 is 0. The third-order valence-corrected chi connectivity index (χ3v) is 6.47. The summed E-state index contributed by atoms with van der Waals surface area (Å²) in [5.74, 6) is 8.46. The molecule has 156 valence electrons. The molecule has 0 heterocycles. The molecule has 1 aliphatic rings. The van der Waals surface area contributed by atoms with E-state index in [9.17, 15) is 0 Å². The Hall–Kier alpha value is -2.51. The van der Waals surface area contributed by atoms with Gasteiger partial charge in [-0.1, -0.05) is 88.0 Å². The topological polar surface area (TPSA) is 23.8 Å². The number of rotatable bonds is 8. The number of unbranched alkanes of at least 4 members (excludes halogenated alkanes) is 5. The molecule has 0 radical (unpaired) electrons. The van der Waals surface area contributed by atoms with Gasteiger partial charge in [-0.3, -0.25) is 0 Å². The van der Waals surface area contributed by atoms with Crippen molar-refractivity contribution < 1.29 is 0 Å². The predicted molar refractivity (Wildman–Crippen MR) is 127 cm³/mol. The third kappa shape index (κ3) is 7.07. The normalized spacial score (nSPS) is 18.3. The largest absolute Gasteiger partial charge is 0.192 e. The van der Waals surface area contributed by atoms with Crippen molar-refractivity contribution in [1.29, 1.82) is 5.26 Å². The van der Waals surface area contributed by atoms with Crippen LogP contribution in [0.25, 0.3) is 11.1 Å². The molecule has 1 saturated carbocycles. The maximum Gasteiger partial charge on any atom is 0.0991 e. The Kier molecular flexibility index (Phi) is 9.05.